The number of nitrogens with zero attached hydrogens (tertiary/aromatic N) is 1. The molecule has 1 aliphatic heterocycles. The van der Waals surface area contributed by atoms with Gasteiger partial charge in [-0.25, -0.2) is 0 Å². The van der Waals surface area contributed by atoms with E-state index in [0.717, 1.165) is 35.1 Å². The lowest BCUT2D eigenvalue weighted by atomic mass is 9.94. The lowest BCUT2D eigenvalue weighted by Gasteiger charge is -2.38. The molecule has 2 atom stereocenters. The van der Waals surface area contributed by atoms with Gasteiger partial charge < -0.3 is 15.7 Å². The molecule has 1 aliphatic rings. The van der Waals surface area contributed by atoms with E-state index in [0.29, 0.717) is 6.54 Å². The van der Waals surface area contributed by atoms with E-state index in [-0.39, 0.29) is 6.04 Å². The van der Waals surface area contributed by atoms with Crippen LogP contribution in [0.2, 0.25) is 0 Å². The minimum Gasteiger partial charge on any atom is -0.388 e. The van der Waals surface area contributed by atoms with Gasteiger partial charge in [0.2, 0.25) is 0 Å². The van der Waals surface area contributed by atoms with Gasteiger partial charge in [0.05, 0.1) is 11.3 Å². The van der Waals surface area contributed by atoms with Crippen molar-refractivity contribution in [2.24, 2.45) is 5.73 Å². The van der Waals surface area contributed by atoms with E-state index >= 15 is 0 Å². The van der Waals surface area contributed by atoms with E-state index in [1.165, 1.54) is 0 Å². The van der Waals surface area contributed by atoms with Gasteiger partial charge in [0, 0.05) is 23.6 Å². The van der Waals surface area contributed by atoms with Gasteiger partial charge in [-0.15, -0.1) is 0 Å². The highest BCUT2D eigenvalue weighted by atomic mass is 79.9. The largest absolute Gasteiger partial charge is 0.388 e. The zero-order valence-electron chi connectivity index (χ0n) is 11.0. The van der Waals surface area contributed by atoms with E-state index in [1.54, 1.807) is 0 Å². The summed E-state index contributed by atoms with van der Waals surface area (Å²) in [7, 11) is 0. The number of anilines is 1. The summed E-state index contributed by atoms with van der Waals surface area (Å²) in [5, 5.41) is 10.2. The summed E-state index contributed by atoms with van der Waals surface area (Å²) in [6, 6.07) is 6.27. The average Bonchev–Trinajstić information content (AvgIpc) is 2.27. The minimum absolute atomic E-state index is 0.0415. The summed E-state index contributed by atoms with van der Waals surface area (Å²) >= 11 is 3.61. The first-order valence-corrected chi connectivity index (χ1v) is 7.21. The molecule has 3 N–H and O–H groups in total. The van der Waals surface area contributed by atoms with Crippen LogP contribution in [0.1, 0.15) is 38.3 Å². The van der Waals surface area contributed by atoms with Crippen molar-refractivity contribution in [2.45, 2.75) is 38.3 Å². The Morgan fingerprint density at radius 1 is 1.50 bits per heavy atom. The Morgan fingerprint density at radius 3 is 2.78 bits per heavy atom. The number of rotatable bonds is 2. The van der Waals surface area contributed by atoms with Crippen LogP contribution in [-0.4, -0.2) is 23.8 Å². The predicted octanol–water partition coefficient (Wildman–Crippen LogP) is 2.82. The molecule has 1 heterocycles. The molecule has 100 valence electrons. The third-order valence-electron chi connectivity index (χ3n) is 3.51. The molecule has 1 aromatic rings. The lowest BCUT2D eigenvalue weighted by molar-refractivity contribution is 0.0449. The van der Waals surface area contributed by atoms with E-state index in [2.05, 4.69) is 39.0 Å². The van der Waals surface area contributed by atoms with Gasteiger partial charge in [-0.3, -0.25) is 0 Å². The van der Waals surface area contributed by atoms with Crippen LogP contribution >= 0.6 is 15.9 Å². The highest BCUT2D eigenvalue weighted by Crippen LogP contribution is 2.32. The monoisotopic (exact) mass is 312 g/mol. The molecular weight excluding hydrogens is 292 g/mol. The summed E-state index contributed by atoms with van der Waals surface area (Å²) in [5.41, 5.74) is 7.55. The molecule has 18 heavy (non-hydrogen) atoms. The number of nitrogens with two attached hydrogens (primary N) is 1. The Hall–Kier alpha value is -0.580. The van der Waals surface area contributed by atoms with E-state index < -0.39 is 5.60 Å². The van der Waals surface area contributed by atoms with E-state index in [1.807, 2.05) is 13.8 Å². The highest BCUT2D eigenvalue weighted by molar-refractivity contribution is 9.10. The average molecular weight is 313 g/mol. The summed E-state index contributed by atoms with van der Waals surface area (Å²) < 4.78 is 1.05. The molecule has 0 aliphatic carbocycles. The number of halogens is 1. The molecule has 1 fully saturated rings. The van der Waals surface area contributed by atoms with Crippen LogP contribution in [0, 0.1) is 0 Å². The third kappa shape index (κ3) is 3.05. The molecule has 1 unspecified atom stereocenters. The van der Waals surface area contributed by atoms with Gasteiger partial charge >= 0.3 is 0 Å². The number of β-amino-alcohol motifs (C(OH)–C–C–N with tert-alkyl or cyclic N) is 1. The molecule has 0 radical (unpaired) electrons. The van der Waals surface area contributed by atoms with Crippen LogP contribution in [0.15, 0.2) is 22.7 Å². The topological polar surface area (TPSA) is 49.5 Å². The maximum atomic E-state index is 10.2. The molecule has 0 spiro atoms. The van der Waals surface area contributed by atoms with Crippen LogP contribution in [0.3, 0.4) is 0 Å². The second kappa shape index (κ2) is 5.19. The first-order valence-electron chi connectivity index (χ1n) is 6.41. The molecule has 0 saturated carbocycles. The van der Waals surface area contributed by atoms with Crippen LogP contribution in [0.25, 0.3) is 0 Å². The number of hydrogen-bond donors (Lipinski definition) is 2. The smallest absolute Gasteiger partial charge is 0.0794 e. The molecule has 0 bridgehead atoms. The molecule has 0 aromatic heterocycles. The Balaban J connectivity index is 2.23. The molecule has 1 aromatic carbocycles. The maximum Gasteiger partial charge on any atom is 0.0794 e. The summed E-state index contributed by atoms with van der Waals surface area (Å²) in [4.78, 5) is 2.23. The Kier molecular flexibility index (Phi) is 3.99. The molecule has 3 nitrogen and oxygen atoms in total. The van der Waals surface area contributed by atoms with Crippen molar-refractivity contribution in [1.82, 2.24) is 0 Å². The van der Waals surface area contributed by atoms with Gasteiger partial charge in [-0.1, -0.05) is 6.07 Å². The van der Waals surface area contributed by atoms with Crippen molar-refractivity contribution in [3.63, 3.8) is 0 Å². The summed E-state index contributed by atoms with van der Waals surface area (Å²) in [5.74, 6) is 0. The van der Waals surface area contributed by atoms with Crippen molar-refractivity contribution in [3.8, 4) is 0 Å². The molecule has 0 amide bonds. The number of aliphatic hydroxyl groups is 1. The SMILES string of the molecule is C[C@H](N)c1ccc(N2CCCC(C)(O)C2)c(Br)c1. The molecule has 1 saturated heterocycles. The Labute approximate surface area is 117 Å². The Bertz CT molecular complexity index is 432. The first-order chi connectivity index (χ1) is 8.39. The predicted molar refractivity (Wildman–Crippen MR) is 78.8 cm³/mol. The normalized spacial score (nSPS) is 26.2. The maximum absolute atomic E-state index is 10.2. The molecular formula is C14H21BrN2O. The Morgan fingerprint density at radius 2 is 2.22 bits per heavy atom. The van der Waals surface area contributed by atoms with Crippen molar-refractivity contribution < 1.29 is 5.11 Å². The van der Waals surface area contributed by atoms with E-state index in [9.17, 15) is 5.11 Å². The number of benzene rings is 1. The van der Waals surface area contributed by atoms with Crippen molar-refractivity contribution in [1.29, 1.82) is 0 Å². The summed E-state index contributed by atoms with van der Waals surface area (Å²) in [6.07, 6.45) is 1.90. The van der Waals surface area contributed by atoms with Crippen molar-refractivity contribution >= 4 is 21.6 Å². The fourth-order valence-corrected chi connectivity index (χ4v) is 3.14. The van der Waals surface area contributed by atoms with E-state index in [4.69, 9.17) is 5.73 Å². The highest BCUT2D eigenvalue weighted by Gasteiger charge is 2.29. The lowest BCUT2D eigenvalue weighted by Crippen LogP contribution is -2.46. The molecule has 2 rings (SSSR count). The number of piperidine rings is 1. The zero-order chi connectivity index (χ0) is 13.3. The van der Waals surface area contributed by atoms with Crippen LogP contribution in [-0.2, 0) is 0 Å². The van der Waals surface area contributed by atoms with Crippen LogP contribution < -0.4 is 10.6 Å². The first kappa shape index (κ1) is 13.8. The zero-order valence-corrected chi connectivity index (χ0v) is 12.6. The fraction of sp³-hybridized carbons (Fsp3) is 0.571. The van der Waals surface area contributed by atoms with Crippen LogP contribution in [0.5, 0.6) is 0 Å². The summed E-state index contributed by atoms with van der Waals surface area (Å²) in [6.45, 7) is 5.56. The fourth-order valence-electron chi connectivity index (χ4n) is 2.49. The number of hydrogen-bond acceptors (Lipinski definition) is 3. The second-order valence-corrected chi connectivity index (χ2v) is 6.38. The van der Waals surface area contributed by atoms with Crippen LogP contribution in [0.4, 0.5) is 5.69 Å². The van der Waals surface area contributed by atoms with Crippen molar-refractivity contribution in [3.05, 3.63) is 28.2 Å². The van der Waals surface area contributed by atoms with Gasteiger partial charge in [0.15, 0.2) is 0 Å². The standard InChI is InChI=1S/C14H21BrN2O/c1-10(16)11-4-5-13(12(15)8-11)17-7-3-6-14(2,18)9-17/h4-5,8,10,18H,3,6-7,9,16H2,1-2H3/t10-,14?/m0/s1. The van der Waals surface area contributed by atoms with Gasteiger partial charge in [0.25, 0.3) is 0 Å². The minimum atomic E-state index is -0.586. The van der Waals surface area contributed by atoms with Crippen molar-refractivity contribution in [2.75, 3.05) is 18.0 Å². The van der Waals surface area contributed by atoms with Gasteiger partial charge in [-0.2, -0.15) is 0 Å². The second-order valence-electron chi connectivity index (χ2n) is 5.52. The molecule has 4 heteroatoms. The van der Waals surface area contributed by atoms with Gasteiger partial charge in [0.1, 0.15) is 0 Å². The third-order valence-corrected chi connectivity index (χ3v) is 4.15. The quantitative estimate of drug-likeness (QED) is 0.883. The van der Waals surface area contributed by atoms with Gasteiger partial charge in [-0.05, 0) is 60.3 Å².